The molecule has 1 aromatic heterocycles. The average Bonchev–Trinajstić information content (AvgIpc) is 3.10. The van der Waals surface area contributed by atoms with Gasteiger partial charge in [-0.15, -0.1) is 10.2 Å². The minimum absolute atomic E-state index is 0.0238. The monoisotopic (exact) mass is 329 g/mol. The minimum Gasteiger partial charge on any atom is -0.460 e. The Hall–Kier alpha value is -2.21. The maximum Gasteiger partial charge on any atom is 0.306 e. The number of carbonyl (C=O) groups excluding carboxylic acids is 1. The lowest BCUT2D eigenvalue weighted by Crippen LogP contribution is -2.35. The molecule has 1 aliphatic rings. The van der Waals surface area contributed by atoms with Crippen LogP contribution in [0, 0.1) is 0 Å². The molecular formula is C18H23N3O3. The van der Waals surface area contributed by atoms with Gasteiger partial charge in [0.1, 0.15) is 18.3 Å². The van der Waals surface area contributed by atoms with Gasteiger partial charge in [-0.25, -0.2) is 0 Å². The number of hydrogen-bond donors (Lipinski definition) is 0. The molecule has 0 bridgehead atoms. The summed E-state index contributed by atoms with van der Waals surface area (Å²) in [6.45, 7) is 0. The molecule has 128 valence electrons. The summed E-state index contributed by atoms with van der Waals surface area (Å²) in [6, 6.07) is 9.84. The number of hydrogen-bond acceptors (Lipinski definition) is 5. The molecule has 2 unspecified atom stereocenters. The van der Waals surface area contributed by atoms with Crippen molar-refractivity contribution < 1.29 is 14.3 Å². The van der Waals surface area contributed by atoms with Crippen molar-refractivity contribution in [2.75, 3.05) is 7.11 Å². The summed E-state index contributed by atoms with van der Waals surface area (Å²) >= 11 is 0. The van der Waals surface area contributed by atoms with E-state index in [1.807, 2.05) is 34.9 Å². The van der Waals surface area contributed by atoms with Crippen LogP contribution in [-0.2, 0) is 20.7 Å². The van der Waals surface area contributed by atoms with E-state index in [0.29, 0.717) is 12.8 Å². The molecule has 0 radical (unpaired) electrons. The Morgan fingerprint density at radius 1 is 1.21 bits per heavy atom. The van der Waals surface area contributed by atoms with E-state index >= 15 is 0 Å². The maximum absolute atomic E-state index is 12.2. The third-order valence-corrected chi connectivity index (χ3v) is 4.43. The maximum atomic E-state index is 12.2. The van der Waals surface area contributed by atoms with Gasteiger partial charge in [-0.3, -0.25) is 9.36 Å². The lowest BCUT2D eigenvalue weighted by atomic mass is 9.94. The average molecular weight is 329 g/mol. The van der Waals surface area contributed by atoms with Gasteiger partial charge in [0.05, 0.1) is 12.5 Å². The minimum atomic E-state index is -0.202. The van der Waals surface area contributed by atoms with E-state index in [9.17, 15) is 4.79 Å². The molecule has 1 fully saturated rings. The first-order chi connectivity index (χ1) is 11.8. The van der Waals surface area contributed by atoms with E-state index < -0.39 is 0 Å². The van der Waals surface area contributed by atoms with Crippen LogP contribution in [0.5, 0.6) is 0 Å². The van der Waals surface area contributed by atoms with Crippen LogP contribution in [0.15, 0.2) is 36.7 Å². The summed E-state index contributed by atoms with van der Waals surface area (Å²) in [5.41, 5.74) is 0.984. The molecular weight excluding hydrogens is 306 g/mol. The number of methoxy groups -OCH3 is 1. The number of esters is 1. The SMILES string of the molecule is COC1CCCCC1OC(=O)CCc1nncn1-c1ccccc1. The van der Waals surface area contributed by atoms with Crippen molar-refractivity contribution in [3.05, 3.63) is 42.5 Å². The quantitative estimate of drug-likeness (QED) is 0.762. The highest BCUT2D eigenvalue weighted by Crippen LogP contribution is 2.24. The van der Waals surface area contributed by atoms with E-state index in [4.69, 9.17) is 9.47 Å². The van der Waals surface area contributed by atoms with Crippen LogP contribution in [0.3, 0.4) is 0 Å². The highest BCUT2D eigenvalue weighted by atomic mass is 16.6. The topological polar surface area (TPSA) is 66.2 Å². The lowest BCUT2D eigenvalue weighted by molar-refractivity contribution is -0.159. The smallest absolute Gasteiger partial charge is 0.306 e. The van der Waals surface area contributed by atoms with E-state index in [1.54, 1.807) is 13.4 Å². The highest BCUT2D eigenvalue weighted by molar-refractivity contribution is 5.69. The fourth-order valence-electron chi connectivity index (χ4n) is 3.14. The Bertz CT molecular complexity index is 657. The van der Waals surface area contributed by atoms with Gasteiger partial charge < -0.3 is 9.47 Å². The molecule has 6 nitrogen and oxygen atoms in total. The number of rotatable bonds is 6. The molecule has 2 aromatic rings. The fraction of sp³-hybridized carbons (Fsp3) is 0.500. The number of aromatic nitrogens is 3. The lowest BCUT2D eigenvalue weighted by Gasteiger charge is -2.29. The van der Waals surface area contributed by atoms with Crippen LogP contribution in [0.1, 0.15) is 37.9 Å². The van der Waals surface area contributed by atoms with Gasteiger partial charge in [0.25, 0.3) is 0 Å². The Morgan fingerprint density at radius 2 is 1.96 bits per heavy atom. The second-order valence-corrected chi connectivity index (χ2v) is 6.04. The zero-order valence-electron chi connectivity index (χ0n) is 13.9. The second kappa shape index (κ2) is 8.06. The Kier molecular flexibility index (Phi) is 5.59. The van der Waals surface area contributed by atoms with E-state index in [-0.39, 0.29) is 18.2 Å². The third-order valence-electron chi connectivity index (χ3n) is 4.43. The van der Waals surface area contributed by atoms with E-state index in [2.05, 4.69) is 10.2 Å². The predicted octanol–water partition coefficient (Wildman–Crippen LogP) is 2.70. The number of para-hydroxylation sites is 1. The molecule has 6 heteroatoms. The van der Waals surface area contributed by atoms with Crippen LogP contribution in [0.25, 0.3) is 5.69 Å². The Balaban J connectivity index is 1.56. The first-order valence-electron chi connectivity index (χ1n) is 8.44. The number of carbonyl (C=O) groups is 1. The number of benzene rings is 1. The van der Waals surface area contributed by atoms with Crippen LogP contribution in [-0.4, -0.2) is 40.1 Å². The van der Waals surface area contributed by atoms with Crippen molar-refractivity contribution in [3.63, 3.8) is 0 Å². The van der Waals surface area contributed by atoms with Crippen molar-refractivity contribution >= 4 is 5.97 Å². The standard InChI is InChI=1S/C18H23N3O3/c1-23-15-9-5-6-10-16(15)24-18(22)12-11-17-20-19-13-21(17)14-7-3-2-4-8-14/h2-4,7-8,13,15-16H,5-6,9-12H2,1H3. The Morgan fingerprint density at radius 3 is 2.71 bits per heavy atom. The molecule has 3 rings (SSSR count). The summed E-state index contributed by atoms with van der Waals surface area (Å²) < 4.78 is 12.9. The summed E-state index contributed by atoms with van der Waals surface area (Å²) in [5, 5.41) is 8.08. The van der Waals surface area contributed by atoms with Crippen LogP contribution in [0.4, 0.5) is 0 Å². The van der Waals surface area contributed by atoms with Gasteiger partial charge in [0.15, 0.2) is 0 Å². The molecule has 0 saturated heterocycles. The van der Waals surface area contributed by atoms with Crippen molar-refractivity contribution in [1.82, 2.24) is 14.8 Å². The summed E-state index contributed by atoms with van der Waals surface area (Å²) in [7, 11) is 1.68. The molecule has 2 atom stereocenters. The summed E-state index contributed by atoms with van der Waals surface area (Å²) in [6.07, 6.45) is 6.40. The third kappa shape index (κ3) is 4.00. The first kappa shape index (κ1) is 16.6. The predicted molar refractivity (Wildman–Crippen MR) is 88.8 cm³/mol. The summed E-state index contributed by atoms with van der Waals surface area (Å²) in [5.74, 6) is 0.552. The van der Waals surface area contributed by atoms with Gasteiger partial charge in [-0.05, 0) is 31.4 Å². The first-order valence-corrected chi connectivity index (χ1v) is 8.44. The molecule has 0 spiro atoms. The van der Waals surface area contributed by atoms with Crippen LogP contribution >= 0.6 is 0 Å². The van der Waals surface area contributed by atoms with E-state index in [0.717, 1.165) is 37.2 Å². The molecule has 1 aliphatic carbocycles. The van der Waals surface area contributed by atoms with Crippen molar-refractivity contribution in [2.24, 2.45) is 0 Å². The zero-order valence-corrected chi connectivity index (χ0v) is 13.9. The number of aryl methyl sites for hydroxylation is 1. The molecule has 0 N–H and O–H groups in total. The number of ether oxygens (including phenoxy) is 2. The molecule has 1 aromatic carbocycles. The Labute approximate surface area is 141 Å². The molecule has 0 amide bonds. The zero-order chi connectivity index (χ0) is 16.8. The second-order valence-electron chi connectivity index (χ2n) is 6.04. The molecule has 0 aliphatic heterocycles. The largest absolute Gasteiger partial charge is 0.460 e. The fourth-order valence-corrected chi connectivity index (χ4v) is 3.14. The van der Waals surface area contributed by atoms with E-state index in [1.165, 1.54) is 0 Å². The molecule has 1 heterocycles. The van der Waals surface area contributed by atoms with Gasteiger partial charge in [-0.2, -0.15) is 0 Å². The van der Waals surface area contributed by atoms with Gasteiger partial charge >= 0.3 is 5.97 Å². The molecule has 24 heavy (non-hydrogen) atoms. The normalized spacial score (nSPS) is 20.7. The van der Waals surface area contributed by atoms with Crippen molar-refractivity contribution in [3.8, 4) is 5.69 Å². The van der Waals surface area contributed by atoms with Crippen molar-refractivity contribution in [2.45, 2.75) is 50.7 Å². The highest BCUT2D eigenvalue weighted by Gasteiger charge is 2.28. The summed E-state index contributed by atoms with van der Waals surface area (Å²) in [4.78, 5) is 12.2. The van der Waals surface area contributed by atoms with Crippen molar-refractivity contribution in [1.29, 1.82) is 0 Å². The van der Waals surface area contributed by atoms with Gasteiger partial charge in [-0.1, -0.05) is 24.6 Å². The van der Waals surface area contributed by atoms with Crippen LogP contribution < -0.4 is 0 Å². The number of nitrogens with zero attached hydrogens (tertiary/aromatic N) is 3. The van der Waals surface area contributed by atoms with Gasteiger partial charge in [0.2, 0.25) is 0 Å². The van der Waals surface area contributed by atoms with Crippen LogP contribution in [0.2, 0.25) is 0 Å². The molecule has 1 saturated carbocycles. The van der Waals surface area contributed by atoms with Gasteiger partial charge in [0, 0.05) is 19.2 Å².